The van der Waals surface area contributed by atoms with E-state index in [0.717, 1.165) is 24.6 Å². The van der Waals surface area contributed by atoms with Gasteiger partial charge in [-0.3, -0.25) is 4.98 Å². The maximum absolute atomic E-state index is 5.35. The Hall–Kier alpha value is -1.68. The zero-order valence-electron chi connectivity index (χ0n) is 9.31. The molecule has 2 aromatic heterocycles. The first-order valence-electron chi connectivity index (χ1n) is 5.35. The van der Waals surface area contributed by atoms with Gasteiger partial charge in [-0.1, -0.05) is 0 Å². The van der Waals surface area contributed by atoms with Crippen LogP contribution in [0.25, 0.3) is 0 Å². The maximum Gasteiger partial charge on any atom is 0.208 e. The molecule has 4 heteroatoms. The number of hydrogen-bond donors (Lipinski definition) is 1. The summed E-state index contributed by atoms with van der Waals surface area (Å²) in [6.07, 6.45) is 6.35. The minimum Gasteiger partial charge on any atom is -0.445 e. The molecule has 0 radical (unpaired) electrons. The van der Waals surface area contributed by atoms with Crippen LogP contribution in [0.3, 0.4) is 0 Å². The van der Waals surface area contributed by atoms with E-state index in [0.29, 0.717) is 6.54 Å². The van der Waals surface area contributed by atoms with Gasteiger partial charge in [0.15, 0.2) is 0 Å². The van der Waals surface area contributed by atoms with Gasteiger partial charge in [0, 0.05) is 12.4 Å². The number of pyridine rings is 1. The predicted molar refractivity (Wildman–Crippen MR) is 60.9 cm³/mol. The van der Waals surface area contributed by atoms with Crippen molar-refractivity contribution in [3.05, 3.63) is 47.9 Å². The van der Waals surface area contributed by atoms with E-state index < -0.39 is 0 Å². The zero-order chi connectivity index (χ0) is 11.2. The van der Waals surface area contributed by atoms with Gasteiger partial charge in [0.1, 0.15) is 5.76 Å². The molecule has 2 heterocycles. The van der Waals surface area contributed by atoms with Crippen molar-refractivity contribution in [1.29, 1.82) is 0 Å². The van der Waals surface area contributed by atoms with Crippen LogP contribution in [0.2, 0.25) is 0 Å². The third-order valence-electron chi connectivity index (χ3n) is 2.29. The highest BCUT2D eigenvalue weighted by molar-refractivity contribution is 5.09. The number of hydrogen-bond acceptors (Lipinski definition) is 4. The fraction of sp³-hybridized carbons (Fsp3) is 0.333. The van der Waals surface area contributed by atoms with E-state index in [1.54, 1.807) is 6.20 Å². The summed E-state index contributed by atoms with van der Waals surface area (Å²) < 4.78 is 5.35. The average Bonchev–Trinajstić information content (AvgIpc) is 2.72. The molecule has 2 aromatic rings. The summed E-state index contributed by atoms with van der Waals surface area (Å²) in [5.41, 5.74) is 1.28. The van der Waals surface area contributed by atoms with Gasteiger partial charge in [0.2, 0.25) is 5.89 Å². The fourth-order valence-corrected chi connectivity index (χ4v) is 1.46. The summed E-state index contributed by atoms with van der Waals surface area (Å²) in [6, 6.07) is 4.05. The smallest absolute Gasteiger partial charge is 0.208 e. The van der Waals surface area contributed by atoms with Crippen molar-refractivity contribution in [2.75, 3.05) is 6.54 Å². The van der Waals surface area contributed by atoms with E-state index in [2.05, 4.69) is 15.3 Å². The molecule has 0 amide bonds. The van der Waals surface area contributed by atoms with Crippen LogP contribution in [-0.4, -0.2) is 16.5 Å². The number of aryl methyl sites for hydroxylation is 1. The first kappa shape index (κ1) is 10.8. The van der Waals surface area contributed by atoms with Gasteiger partial charge in [-0.05, 0) is 37.6 Å². The summed E-state index contributed by atoms with van der Waals surface area (Å²) in [5.74, 6) is 1.60. The molecule has 16 heavy (non-hydrogen) atoms. The van der Waals surface area contributed by atoms with Gasteiger partial charge in [0.05, 0.1) is 12.7 Å². The average molecular weight is 217 g/mol. The Balaban J connectivity index is 1.69. The zero-order valence-corrected chi connectivity index (χ0v) is 9.31. The molecule has 0 unspecified atom stereocenters. The number of nitrogens with one attached hydrogen (secondary N) is 1. The molecule has 0 aromatic carbocycles. The van der Waals surface area contributed by atoms with Crippen LogP contribution in [0.5, 0.6) is 0 Å². The molecule has 0 atom stereocenters. The molecule has 1 N–H and O–H groups in total. The highest BCUT2D eigenvalue weighted by Crippen LogP contribution is 2.01. The summed E-state index contributed by atoms with van der Waals surface area (Å²) in [6.45, 7) is 3.48. The van der Waals surface area contributed by atoms with Gasteiger partial charge in [-0.15, -0.1) is 0 Å². The summed E-state index contributed by atoms with van der Waals surface area (Å²) in [7, 11) is 0. The van der Waals surface area contributed by atoms with Crippen LogP contribution in [0, 0.1) is 6.92 Å². The normalized spacial score (nSPS) is 10.6. The number of rotatable bonds is 5. The van der Waals surface area contributed by atoms with Crippen molar-refractivity contribution in [3.63, 3.8) is 0 Å². The van der Waals surface area contributed by atoms with Crippen molar-refractivity contribution in [2.45, 2.75) is 19.9 Å². The molecule has 0 fully saturated rings. The van der Waals surface area contributed by atoms with Gasteiger partial charge in [0.25, 0.3) is 0 Å². The van der Waals surface area contributed by atoms with E-state index in [4.69, 9.17) is 4.42 Å². The van der Waals surface area contributed by atoms with Gasteiger partial charge < -0.3 is 9.73 Å². The molecule has 0 aliphatic heterocycles. The van der Waals surface area contributed by atoms with Gasteiger partial charge in [-0.2, -0.15) is 0 Å². The molecular formula is C12H15N3O. The molecule has 0 saturated carbocycles. The second-order valence-corrected chi connectivity index (χ2v) is 3.65. The van der Waals surface area contributed by atoms with E-state index in [9.17, 15) is 0 Å². The lowest BCUT2D eigenvalue weighted by molar-refractivity contribution is 0.450. The van der Waals surface area contributed by atoms with Crippen molar-refractivity contribution in [2.24, 2.45) is 0 Å². The first-order valence-corrected chi connectivity index (χ1v) is 5.35. The monoisotopic (exact) mass is 217 g/mol. The van der Waals surface area contributed by atoms with Crippen LogP contribution in [-0.2, 0) is 13.0 Å². The summed E-state index contributed by atoms with van der Waals surface area (Å²) in [4.78, 5) is 8.10. The van der Waals surface area contributed by atoms with E-state index in [-0.39, 0.29) is 0 Å². The van der Waals surface area contributed by atoms with Crippen LogP contribution >= 0.6 is 0 Å². The second kappa shape index (κ2) is 5.42. The van der Waals surface area contributed by atoms with Crippen LogP contribution < -0.4 is 5.32 Å². The summed E-state index contributed by atoms with van der Waals surface area (Å²) >= 11 is 0. The maximum atomic E-state index is 5.35. The highest BCUT2D eigenvalue weighted by Gasteiger charge is 1.99. The summed E-state index contributed by atoms with van der Waals surface area (Å²) in [5, 5.41) is 3.29. The molecule has 0 aliphatic carbocycles. The van der Waals surface area contributed by atoms with Gasteiger partial charge in [-0.25, -0.2) is 4.98 Å². The van der Waals surface area contributed by atoms with Gasteiger partial charge >= 0.3 is 0 Å². The van der Waals surface area contributed by atoms with E-state index in [1.807, 2.05) is 31.5 Å². The number of oxazole rings is 1. The second-order valence-electron chi connectivity index (χ2n) is 3.65. The lowest BCUT2D eigenvalue weighted by Gasteiger charge is -2.01. The first-order chi connectivity index (χ1) is 7.84. The molecule has 84 valence electrons. The minimum atomic E-state index is 0.679. The van der Waals surface area contributed by atoms with Crippen molar-refractivity contribution in [3.8, 4) is 0 Å². The van der Waals surface area contributed by atoms with Crippen LogP contribution in [0.1, 0.15) is 17.2 Å². The molecule has 0 saturated heterocycles. The van der Waals surface area contributed by atoms with Crippen molar-refractivity contribution < 1.29 is 4.42 Å². The topological polar surface area (TPSA) is 51.0 Å². The highest BCUT2D eigenvalue weighted by atomic mass is 16.4. The Kier molecular flexibility index (Phi) is 3.66. The molecule has 0 bridgehead atoms. The fourth-order valence-electron chi connectivity index (χ4n) is 1.46. The van der Waals surface area contributed by atoms with Crippen molar-refractivity contribution >= 4 is 0 Å². The van der Waals surface area contributed by atoms with Crippen LogP contribution in [0.4, 0.5) is 0 Å². The third kappa shape index (κ3) is 3.17. The Bertz CT molecular complexity index is 425. The Morgan fingerprint density at radius 2 is 2.12 bits per heavy atom. The Labute approximate surface area is 94.7 Å². The minimum absolute atomic E-state index is 0.679. The Morgan fingerprint density at radius 3 is 2.81 bits per heavy atom. The van der Waals surface area contributed by atoms with E-state index in [1.165, 1.54) is 5.56 Å². The SMILES string of the molecule is Cc1cnc(CNCCc2ccncc2)o1. The Morgan fingerprint density at radius 1 is 1.31 bits per heavy atom. The molecule has 0 spiro atoms. The molecule has 0 aliphatic rings. The number of aromatic nitrogens is 2. The largest absolute Gasteiger partial charge is 0.445 e. The van der Waals surface area contributed by atoms with E-state index >= 15 is 0 Å². The van der Waals surface area contributed by atoms with Crippen molar-refractivity contribution in [1.82, 2.24) is 15.3 Å². The molecule has 2 rings (SSSR count). The molecule has 4 nitrogen and oxygen atoms in total. The van der Waals surface area contributed by atoms with Crippen LogP contribution in [0.15, 0.2) is 35.1 Å². The standard InChI is InChI=1S/C12H15N3O/c1-10-8-15-12(16-10)9-14-7-4-11-2-5-13-6-3-11/h2-3,5-6,8,14H,4,7,9H2,1H3. The predicted octanol–water partition coefficient (Wildman–Crippen LogP) is 1.71. The quantitative estimate of drug-likeness (QED) is 0.775. The lowest BCUT2D eigenvalue weighted by Crippen LogP contribution is -2.16. The third-order valence-corrected chi connectivity index (χ3v) is 2.29. The number of nitrogens with zero attached hydrogens (tertiary/aromatic N) is 2. The molecular weight excluding hydrogens is 202 g/mol. The lowest BCUT2D eigenvalue weighted by atomic mass is 10.2.